The van der Waals surface area contributed by atoms with Crippen LogP contribution in [0.15, 0.2) is 30.5 Å². The van der Waals surface area contributed by atoms with E-state index in [2.05, 4.69) is 60.5 Å². The number of H-pyrrole nitrogens is 1. The van der Waals surface area contributed by atoms with E-state index in [4.69, 9.17) is 0 Å². The quantitative estimate of drug-likeness (QED) is 0.820. The first-order chi connectivity index (χ1) is 11.5. The summed E-state index contributed by atoms with van der Waals surface area (Å²) in [6.07, 6.45) is 5.15. The predicted octanol–water partition coefficient (Wildman–Crippen LogP) is 3.18. The summed E-state index contributed by atoms with van der Waals surface area (Å²) in [4.78, 5) is 20.0. The second-order valence-electron chi connectivity index (χ2n) is 7.09. The minimum absolute atomic E-state index is 0.0672. The lowest BCUT2D eigenvalue weighted by Gasteiger charge is -2.24. The number of hydrogen-bond donors (Lipinski definition) is 2. The number of benzene rings is 1. The second-order valence-corrected chi connectivity index (χ2v) is 7.09. The van der Waals surface area contributed by atoms with Crippen molar-refractivity contribution in [3.63, 3.8) is 0 Å². The number of aromatic nitrogens is 1. The maximum Gasteiger partial charge on any atom is 0.317 e. The molecule has 1 aliphatic carbocycles. The molecule has 1 heterocycles. The highest BCUT2D eigenvalue weighted by Crippen LogP contribution is 2.29. The Morgan fingerprint density at radius 2 is 2.12 bits per heavy atom. The number of aromatic amines is 1. The van der Waals surface area contributed by atoms with Crippen molar-refractivity contribution in [2.24, 2.45) is 0 Å². The van der Waals surface area contributed by atoms with Crippen molar-refractivity contribution in [3.8, 4) is 0 Å². The van der Waals surface area contributed by atoms with Crippen molar-refractivity contribution in [2.45, 2.75) is 44.8 Å². The molecule has 2 aromatic rings. The number of carbonyl (C=O) groups excluding carboxylic acids is 1. The van der Waals surface area contributed by atoms with Gasteiger partial charge in [0.15, 0.2) is 0 Å². The topological polar surface area (TPSA) is 51.4 Å². The summed E-state index contributed by atoms with van der Waals surface area (Å²) in [5.41, 5.74) is 2.32. The van der Waals surface area contributed by atoms with Gasteiger partial charge in [0.25, 0.3) is 0 Å². The minimum atomic E-state index is 0.0672. The molecule has 5 nitrogen and oxygen atoms in total. The highest BCUT2D eigenvalue weighted by molar-refractivity contribution is 5.80. The Labute approximate surface area is 144 Å². The van der Waals surface area contributed by atoms with Crippen molar-refractivity contribution in [1.29, 1.82) is 0 Å². The molecule has 1 saturated carbocycles. The molecule has 1 aromatic carbocycles. The summed E-state index contributed by atoms with van der Waals surface area (Å²) in [6.45, 7) is 3.58. The summed E-state index contributed by atoms with van der Waals surface area (Å²) >= 11 is 0. The van der Waals surface area contributed by atoms with E-state index in [1.165, 1.54) is 10.9 Å². The van der Waals surface area contributed by atoms with Crippen LogP contribution in [0, 0.1) is 0 Å². The van der Waals surface area contributed by atoms with Crippen LogP contribution in [0.1, 0.15) is 31.7 Å². The fourth-order valence-corrected chi connectivity index (χ4v) is 2.90. The van der Waals surface area contributed by atoms with E-state index in [-0.39, 0.29) is 6.03 Å². The van der Waals surface area contributed by atoms with Crippen molar-refractivity contribution < 1.29 is 4.79 Å². The van der Waals surface area contributed by atoms with Gasteiger partial charge in [0.2, 0.25) is 0 Å². The fourth-order valence-electron chi connectivity index (χ4n) is 2.90. The van der Waals surface area contributed by atoms with Crippen molar-refractivity contribution in [3.05, 3.63) is 36.0 Å². The number of carbonyl (C=O) groups is 1. The third-order valence-corrected chi connectivity index (χ3v) is 4.94. The monoisotopic (exact) mass is 328 g/mol. The fraction of sp³-hybridized carbons (Fsp3) is 0.526. The first-order valence-electron chi connectivity index (χ1n) is 8.81. The molecule has 3 rings (SSSR count). The molecule has 0 radical (unpaired) electrons. The molecule has 0 saturated heterocycles. The van der Waals surface area contributed by atoms with Gasteiger partial charge in [-0.2, -0.15) is 0 Å². The lowest BCUT2D eigenvalue weighted by molar-refractivity contribution is 0.190. The molecule has 1 aliphatic rings. The third-order valence-electron chi connectivity index (χ3n) is 4.94. The molecule has 2 amide bonds. The number of hydrogen-bond acceptors (Lipinski definition) is 2. The summed E-state index contributed by atoms with van der Waals surface area (Å²) < 4.78 is 0. The number of rotatable bonds is 7. The lowest BCUT2D eigenvalue weighted by Crippen LogP contribution is -2.42. The van der Waals surface area contributed by atoms with Gasteiger partial charge < -0.3 is 20.1 Å². The number of urea groups is 1. The standard InChI is InChI=1S/C19H28N4O/c1-14(22(2)3)8-10-21-19(24)23(17-5-6-17)13-15-4-7-18-16(12-15)9-11-20-18/h4,7,9,11-12,14,17,20H,5-6,8,10,13H2,1-3H3,(H,21,24)/t14-/m1/s1. The highest BCUT2D eigenvalue weighted by Gasteiger charge is 2.32. The van der Waals surface area contributed by atoms with E-state index in [0.29, 0.717) is 18.6 Å². The lowest BCUT2D eigenvalue weighted by atomic mass is 10.1. The van der Waals surface area contributed by atoms with Crippen LogP contribution >= 0.6 is 0 Å². The Hall–Kier alpha value is -2.01. The van der Waals surface area contributed by atoms with E-state index in [9.17, 15) is 4.79 Å². The maximum atomic E-state index is 12.6. The molecule has 24 heavy (non-hydrogen) atoms. The molecular weight excluding hydrogens is 300 g/mol. The Bertz CT molecular complexity index is 689. The van der Waals surface area contributed by atoms with Gasteiger partial charge >= 0.3 is 6.03 Å². The molecule has 1 atom stereocenters. The molecule has 0 spiro atoms. The number of nitrogens with zero attached hydrogens (tertiary/aromatic N) is 2. The van der Waals surface area contributed by atoms with Crippen LogP contribution in [-0.2, 0) is 6.54 Å². The van der Waals surface area contributed by atoms with Crippen molar-refractivity contribution in [1.82, 2.24) is 20.1 Å². The van der Waals surface area contributed by atoms with Crippen LogP contribution in [0.3, 0.4) is 0 Å². The van der Waals surface area contributed by atoms with Crippen LogP contribution in [0.2, 0.25) is 0 Å². The summed E-state index contributed by atoms with van der Waals surface area (Å²) in [5, 5.41) is 4.29. The molecule has 0 bridgehead atoms. The van der Waals surface area contributed by atoms with E-state index >= 15 is 0 Å². The number of fused-ring (bicyclic) bond motifs is 1. The molecule has 1 aromatic heterocycles. The van der Waals surface area contributed by atoms with E-state index in [1.807, 2.05) is 11.1 Å². The summed E-state index contributed by atoms with van der Waals surface area (Å²) in [5.74, 6) is 0. The second kappa shape index (κ2) is 7.26. The van der Waals surface area contributed by atoms with E-state index < -0.39 is 0 Å². The predicted molar refractivity (Wildman–Crippen MR) is 98.0 cm³/mol. The molecule has 0 unspecified atom stereocenters. The first-order valence-corrected chi connectivity index (χ1v) is 8.81. The average molecular weight is 328 g/mol. The smallest absolute Gasteiger partial charge is 0.317 e. The van der Waals surface area contributed by atoms with Crippen LogP contribution < -0.4 is 5.32 Å². The SMILES string of the molecule is C[C@H](CCNC(=O)N(Cc1ccc2[nH]ccc2c1)C1CC1)N(C)C. The van der Waals surface area contributed by atoms with Crippen molar-refractivity contribution >= 4 is 16.9 Å². The Morgan fingerprint density at radius 3 is 2.83 bits per heavy atom. The molecular formula is C19H28N4O. The van der Waals surface area contributed by atoms with Crippen molar-refractivity contribution in [2.75, 3.05) is 20.6 Å². The maximum absolute atomic E-state index is 12.6. The van der Waals surface area contributed by atoms with Gasteiger partial charge in [0.05, 0.1) is 0 Å². The van der Waals surface area contributed by atoms with Crippen LogP contribution in [0.25, 0.3) is 10.9 Å². The number of nitrogens with one attached hydrogen (secondary N) is 2. The van der Waals surface area contributed by atoms with Gasteiger partial charge in [-0.3, -0.25) is 0 Å². The van der Waals surface area contributed by atoms with Gasteiger partial charge in [-0.25, -0.2) is 4.79 Å². The third kappa shape index (κ3) is 4.09. The van der Waals surface area contributed by atoms with Gasteiger partial charge in [0.1, 0.15) is 0 Å². The van der Waals surface area contributed by atoms with Crippen LogP contribution in [-0.4, -0.2) is 53.5 Å². The molecule has 130 valence electrons. The van der Waals surface area contributed by atoms with Crippen LogP contribution in [0.5, 0.6) is 0 Å². The summed E-state index contributed by atoms with van der Waals surface area (Å²) in [6, 6.07) is 9.37. The summed E-state index contributed by atoms with van der Waals surface area (Å²) in [7, 11) is 4.14. The Balaban J connectivity index is 1.58. The molecule has 0 aliphatic heterocycles. The zero-order valence-corrected chi connectivity index (χ0v) is 14.9. The Morgan fingerprint density at radius 1 is 1.33 bits per heavy atom. The molecule has 1 fully saturated rings. The van der Waals surface area contributed by atoms with Gasteiger partial charge in [-0.15, -0.1) is 0 Å². The molecule has 2 N–H and O–H groups in total. The highest BCUT2D eigenvalue weighted by atomic mass is 16.2. The van der Waals surface area contributed by atoms with Gasteiger partial charge in [0, 0.05) is 36.9 Å². The van der Waals surface area contributed by atoms with Gasteiger partial charge in [-0.1, -0.05) is 6.07 Å². The average Bonchev–Trinajstić information content (AvgIpc) is 3.29. The first kappa shape index (κ1) is 16.8. The van der Waals surface area contributed by atoms with E-state index in [1.54, 1.807) is 0 Å². The largest absolute Gasteiger partial charge is 0.361 e. The zero-order chi connectivity index (χ0) is 17.1. The van der Waals surface area contributed by atoms with E-state index in [0.717, 1.165) is 31.3 Å². The zero-order valence-electron chi connectivity index (χ0n) is 14.9. The van der Waals surface area contributed by atoms with Crippen LogP contribution in [0.4, 0.5) is 4.79 Å². The molecule has 5 heteroatoms. The van der Waals surface area contributed by atoms with Gasteiger partial charge in [-0.05, 0) is 69.4 Å². The number of amides is 2. The Kier molecular flexibility index (Phi) is 5.09. The normalized spacial score (nSPS) is 15.7. The minimum Gasteiger partial charge on any atom is -0.361 e.